The van der Waals surface area contributed by atoms with Crippen molar-refractivity contribution >= 4 is 17.2 Å². The topological polar surface area (TPSA) is 71.5 Å². The SMILES string of the molecule is COc1ccccc1-c1nc(CC(=O)NC(CO)C(C)C)cs1. The van der Waals surface area contributed by atoms with Crippen LogP contribution in [0.3, 0.4) is 0 Å². The van der Waals surface area contributed by atoms with Gasteiger partial charge in [-0.1, -0.05) is 26.0 Å². The highest BCUT2D eigenvalue weighted by Crippen LogP contribution is 2.31. The Hall–Kier alpha value is -1.92. The van der Waals surface area contributed by atoms with Gasteiger partial charge in [-0.2, -0.15) is 0 Å². The average Bonchev–Trinajstić information content (AvgIpc) is 3.00. The summed E-state index contributed by atoms with van der Waals surface area (Å²) >= 11 is 1.48. The van der Waals surface area contributed by atoms with Gasteiger partial charge in [0.15, 0.2) is 0 Å². The highest BCUT2D eigenvalue weighted by Gasteiger charge is 2.17. The van der Waals surface area contributed by atoms with Gasteiger partial charge in [-0.25, -0.2) is 4.98 Å². The first-order valence-corrected chi connectivity index (χ1v) is 8.41. The Bertz CT molecular complexity index is 655. The molecular weight excluding hydrogens is 312 g/mol. The molecule has 6 heteroatoms. The number of hydrogen-bond acceptors (Lipinski definition) is 5. The van der Waals surface area contributed by atoms with E-state index in [2.05, 4.69) is 10.3 Å². The Morgan fingerprint density at radius 1 is 1.39 bits per heavy atom. The number of hydrogen-bond donors (Lipinski definition) is 2. The largest absolute Gasteiger partial charge is 0.496 e. The van der Waals surface area contributed by atoms with Crippen molar-refractivity contribution in [2.75, 3.05) is 13.7 Å². The molecule has 1 aromatic carbocycles. The van der Waals surface area contributed by atoms with Crippen molar-refractivity contribution in [2.45, 2.75) is 26.3 Å². The summed E-state index contributed by atoms with van der Waals surface area (Å²) in [6.45, 7) is 3.86. The number of methoxy groups -OCH3 is 1. The van der Waals surface area contributed by atoms with Gasteiger partial charge in [-0.3, -0.25) is 4.79 Å². The maximum atomic E-state index is 12.1. The van der Waals surface area contributed by atoms with Crippen molar-refractivity contribution in [1.82, 2.24) is 10.3 Å². The van der Waals surface area contributed by atoms with Crippen molar-refractivity contribution in [2.24, 2.45) is 5.92 Å². The Morgan fingerprint density at radius 2 is 2.13 bits per heavy atom. The number of aliphatic hydroxyl groups excluding tert-OH is 1. The van der Waals surface area contributed by atoms with Crippen molar-refractivity contribution in [3.63, 3.8) is 0 Å². The van der Waals surface area contributed by atoms with Crippen LogP contribution in [-0.4, -0.2) is 35.8 Å². The zero-order valence-electron chi connectivity index (χ0n) is 13.6. The van der Waals surface area contributed by atoms with Crippen LogP contribution in [0.15, 0.2) is 29.6 Å². The summed E-state index contributed by atoms with van der Waals surface area (Å²) in [6.07, 6.45) is 0.203. The molecule has 23 heavy (non-hydrogen) atoms. The van der Waals surface area contributed by atoms with Crippen LogP contribution >= 0.6 is 11.3 Å². The molecule has 0 saturated heterocycles. The summed E-state index contributed by atoms with van der Waals surface area (Å²) in [6, 6.07) is 7.44. The van der Waals surface area contributed by atoms with Crippen LogP contribution in [-0.2, 0) is 11.2 Å². The molecule has 2 aromatic rings. The molecule has 1 atom stereocenters. The second kappa shape index (κ2) is 8.08. The van der Waals surface area contributed by atoms with Gasteiger partial charge in [0.1, 0.15) is 10.8 Å². The molecule has 1 heterocycles. The summed E-state index contributed by atoms with van der Waals surface area (Å²) < 4.78 is 5.34. The number of amides is 1. The lowest BCUT2D eigenvalue weighted by molar-refractivity contribution is -0.121. The van der Waals surface area contributed by atoms with E-state index in [1.54, 1.807) is 7.11 Å². The molecule has 5 nitrogen and oxygen atoms in total. The molecule has 1 aromatic heterocycles. The number of nitrogens with one attached hydrogen (secondary N) is 1. The van der Waals surface area contributed by atoms with E-state index in [0.29, 0.717) is 5.69 Å². The van der Waals surface area contributed by atoms with Crippen molar-refractivity contribution in [3.05, 3.63) is 35.3 Å². The molecule has 0 aliphatic heterocycles. The first-order chi connectivity index (χ1) is 11.0. The van der Waals surface area contributed by atoms with Gasteiger partial charge in [0.25, 0.3) is 0 Å². The van der Waals surface area contributed by atoms with Crippen LogP contribution in [0.1, 0.15) is 19.5 Å². The van der Waals surface area contributed by atoms with Crippen LogP contribution in [0.25, 0.3) is 10.6 Å². The van der Waals surface area contributed by atoms with Crippen molar-refractivity contribution in [1.29, 1.82) is 0 Å². The number of aromatic nitrogens is 1. The fourth-order valence-corrected chi connectivity index (χ4v) is 3.03. The van der Waals surface area contributed by atoms with Crippen molar-refractivity contribution in [3.8, 4) is 16.3 Å². The maximum absolute atomic E-state index is 12.1. The lowest BCUT2D eigenvalue weighted by atomic mass is 10.1. The van der Waals surface area contributed by atoms with E-state index in [1.165, 1.54) is 11.3 Å². The van der Waals surface area contributed by atoms with Gasteiger partial charge in [0, 0.05) is 5.38 Å². The molecule has 1 unspecified atom stereocenters. The molecule has 0 saturated carbocycles. The highest BCUT2D eigenvalue weighted by atomic mass is 32.1. The van der Waals surface area contributed by atoms with Crippen LogP contribution in [0.4, 0.5) is 0 Å². The average molecular weight is 334 g/mol. The Kier molecular flexibility index (Phi) is 6.12. The number of rotatable bonds is 7. The molecule has 0 aliphatic rings. The third-order valence-corrected chi connectivity index (χ3v) is 4.50. The Balaban J connectivity index is 2.06. The molecule has 2 rings (SSSR count). The summed E-state index contributed by atoms with van der Waals surface area (Å²) in [5, 5.41) is 14.8. The minimum atomic E-state index is -0.227. The summed E-state index contributed by atoms with van der Waals surface area (Å²) in [7, 11) is 1.63. The first-order valence-electron chi connectivity index (χ1n) is 7.53. The monoisotopic (exact) mass is 334 g/mol. The minimum absolute atomic E-state index is 0.0626. The molecule has 0 aliphatic carbocycles. The minimum Gasteiger partial charge on any atom is -0.496 e. The molecule has 124 valence electrons. The fraction of sp³-hybridized carbons (Fsp3) is 0.412. The highest BCUT2D eigenvalue weighted by molar-refractivity contribution is 7.13. The molecule has 0 spiro atoms. The van der Waals surface area contributed by atoms with E-state index >= 15 is 0 Å². The predicted octanol–water partition coefficient (Wildman–Crippen LogP) is 2.49. The second-order valence-corrected chi connectivity index (χ2v) is 6.48. The van der Waals surface area contributed by atoms with Gasteiger partial charge in [-0.15, -0.1) is 11.3 Å². The number of thiazole rings is 1. The second-order valence-electron chi connectivity index (χ2n) is 5.62. The van der Waals surface area contributed by atoms with E-state index in [-0.39, 0.29) is 30.9 Å². The van der Waals surface area contributed by atoms with Crippen LogP contribution < -0.4 is 10.1 Å². The predicted molar refractivity (Wildman–Crippen MR) is 91.7 cm³/mol. The third-order valence-electron chi connectivity index (χ3n) is 3.58. The summed E-state index contributed by atoms with van der Waals surface area (Å²) in [4.78, 5) is 16.6. The molecule has 1 amide bonds. The quantitative estimate of drug-likeness (QED) is 0.816. The zero-order chi connectivity index (χ0) is 16.8. The molecule has 2 N–H and O–H groups in total. The van der Waals surface area contributed by atoms with Crippen LogP contribution in [0.5, 0.6) is 5.75 Å². The number of carbonyl (C=O) groups excluding carboxylic acids is 1. The first kappa shape index (κ1) is 17.4. The van der Waals surface area contributed by atoms with Gasteiger partial charge in [-0.05, 0) is 18.1 Å². The molecular formula is C17H22N2O3S. The standard InChI is InChI=1S/C17H22N2O3S/c1-11(2)14(9-20)19-16(21)8-12-10-23-17(18-12)13-6-4-5-7-15(13)22-3/h4-7,10-11,14,20H,8-9H2,1-3H3,(H,19,21). The number of nitrogens with zero attached hydrogens (tertiary/aromatic N) is 1. The number of aliphatic hydroxyl groups is 1. The van der Waals surface area contributed by atoms with Gasteiger partial charge < -0.3 is 15.2 Å². The number of carbonyl (C=O) groups is 1. The van der Waals surface area contributed by atoms with Crippen LogP contribution in [0.2, 0.25) is 0 Å². The number of ether oxygens (including phenoxy) is 1. The zero-order valence-corrected chi connectivity index (χ0v) is 14.4. The van der Waals surface area contributed by atoms with E-state index < -0.39 is 0 Å². The lowest BCUT2D eigenvalue weighted by Crippen LogP contribution is -2.41. The normalized spacial score (nSPS) is 12.2. The van der Waals surface area contributed by atoms with E-state index in [9.17, 15) is 9.90 Å². The molecule has 0 radical (unpaired) electrons. The van der Waals surface area contributed by atoms with Gasteiger partial charge in [0.2, 0.25) is 5.91 Å². The van der Waals surface area contributed by atoms with E-state index in [4.69, 9.17) is 4.74 Å². The summed E-state index contributed by atoms with van der Waals surface area (Å²) in [5.41, 5.74) is 1.64. The van der Waals surface area contributed by atoms with E-state index in [1.807, 2.05) is 43.5 Å². The smallest absolute Gasteiger partial charge is 0.226 e. The fourth-order valence-electron chi connectivity index (χ4n) is 2.18. The maximum Gasteiger partial charge on any atom is 0.226 e. The Morgan fingerprint density at radius 3 is 2.78 bits per heavy atom. The Labute approximate surface area is 140 Å². The number of para-hydroxylation sites is 1. The van der Waals surface area contributed by atoms with Gasteiger partial charge >= 0.3 is 0 Å². The lowest BCUT2D eigenvalue weighted by Gasteiger charge is -2.19. The van der Waals surface area contributed by atoms with E-state index in [0.717, 1.165) is 16.3 Å². The third kappa shape index (κ3) is 4.53. The number of benzene rings is 1. The van der Waals surface area contributed by atoms with Crippen molar-refractivity contribution < 1.29 is 14.6 Å². The van der Waals surface area contributed by atoms with Gasteiger partial charge in [0.05, 0.1) is 37.4 Å². The summed E-state index contributed by atoms with van der Waals surface area (Å²) in [5.74, 6) is 0.816. The molecule has 0 fully saturated rings. The van der Waals surface area contributed by atoms with Crippen LogP contribution in [0, 0.1) is 5.92 Å². The molecule has 0 bridgehead atoms.